The van der Waals surface area contributed by atoms with Gasteiger partial charge in [0.2, 0.25) is 6.79 Å². The van der Waals surface area contributed by atoms with Crippen LogP contribution in [0, 0.1) is 11.8 Å². The second kappa shape index (κ2) is 10.9. The Morgan fingerprint density at radius 1 is 0.921 bits per heavy atom. The van der Waals surface area contributed by atoms with E-state index in [-0.39, 0.29) is 6.79 Å². The number of methoxy groups -OCH3 is 1. The molecule has 0 saturated carbocycles. The molecule has 3 unspecified atom stereocenters. The average molecular weight is 519 g/mol. The molecule has 1 aliphatic carbocycles. The summed E-state index contributed by atoms with van der Waals surface area (Å²) in [7, 11) is 1.61. The average Bonchev–Trinajstić information content (AvgIpc) is 3.52. The Labute approximate surface area is 223 Å². The van der Waals surface area contributed by atoms with Crippen molar-refractivity contribution in [3.05, 3.63) is 76.9 Å². The molecular weight excluding hydrogens is 484 g/mol. The zero-order valence-electron chi connectivity index (χ0n) is 22.2. The van der Waals surface area contributed by atoms with Gasteiger partial charge in [0.25, 0.3) is 0 Å². The molecule has 0 bridgehead atoms. The second-order valence-corrected chi connectivity index (χ2v) is 10.2. The third kappa shape index (κ3) is 4.85. The number of hydrogen-bond donors (Lipinski definition) is 1. The van der Waals surface area contributed by atoms with Crippen LogP contribution in [0.1, 0.15) is 61.3 Å². The van der Waals surface area contributed by atoms with Gasteiger partial charge in [0.1, 0.15) is 17.2 Å². The van der Waals surface area contributed by atoms with Gasteiger partial charge in [0.15, 0.2) is 11.5 Å². The number of benzene rings is 3. The number of aliphatic carboxylic acids is 1. The number of ether oxygens (including phenoxy) is 5. The lowest BCUT2D eigenvalue weighted by Gasteiger charge is -2.25. The highest BCUT2D eigenvalue weighted by Crippen LogP contribution is 2.56. The van der Waals surface area contributed by atoms with Gasteiger partial charge >= 0.3 is 5.97 Å². The van der Waals surface area contributed by atoms with Crippen LogP contribution in [0.25, 0.3) is 0 Å². The van der Waals surface area contributed by atoms with E-state index >= 15 is 0 Å². The summed E-state index contributed by atoms with van der Waals surface area (Å²) in [4.78, 5) is 13.1. The maximum atomic E-state index is 13.1. The number of hydrogen-bond acceptors (Lipinski definition) is 6. The van der Waals surface area contributed by atoms with Crippen LogP contribution in [0.2, 0.25) is 0 Å². The predicted octanol–water partition coefficient (Wildman–Crippen LogP) is 6.23. The Morgan fingerprint density at radius 2 is 1.68 bits per heavy atom. The van der Waals surface area contributed by atoms with Gasteiger partial charge in [-0.2, -0.15) is 0 Å². The number of carboxylic acids is 1. The van der Waals surface area contributed by atoms with Crippen molar-refractivity contribution in [2.75, 3.05) is 27.1 Å². The lowest BCUT2D eigenvalue weighted by atomic mass is 9.79. The van der Waals surface area contributed by atoms with Gasteiger partial charge in [0, 0.05) is 23.5 Å². The first kappa shape index (κ1) is 25.8. The van der Waals surface area contributed by atoms with E-state index in [2.05, 4.69) is 20.8 Å². The fourth-order valence-electron chi connectivity index (χ4n) is 5.41. The topological polar surface area (TPSA) is 83.5 Å². The maximum Gasteiger partial charge on any atom is 0.308 e. The molecule has 2 aliphatic rings. The minimum Gasteiger partial charge on any atom is -0.497 e. The normalized spacial score (nSPS) is 19.3. The van der Waals surface area contributed by atoms with Crippen LogP contribution in [0.3, 0.4) is 0 Å². The maximum absolute atomic E-state index is 13.1. The summed E-state index contributed by atoms with van der Waals surface area (Å²) in [6.45, 7) is 7.47. The minimum atomic E-state index is -0.879. The predicted molar refractivity (Wildman–Crippen MR) is 143 cm³/mol. The van der Waals surface area contributed by atoms with Gasteiger partial charge in [-0.25, -0.2) is 0 Å². The number of carboxylic acid groups (broad SMARTS) is 1. The van der Waals surface area contributed by atoms with E-state index in [0.29, 0.717) is 42.1 Å². The third-order valence-electron chi connectivity index (χ3n) is 7.09. The molecule has 0 fully saturated rings. The summed E-state index contributed by atoms with van der Waals surface area (Å²) in [5, 5.41) is 10.7. The van der Waals surface area contributed by atoms with Crippen LogP contribution < -0.4 is 23.7 Å². The molecule has 0 radical (unpaired) electrons. The second-order valence-electron chi connectivity index (χ2n) is 10.2. The molecule has 0 amide bonds. The monoisotopic (exact) mass is 518 g/mol. The Morgan fingerprint density at radius 3 is 2.42 bits per heavy atom. The number of carbonyl (C=O) groups is 1. The van der Waals surface area contributed by atoms with E-state index in [1.807, 2.05) is 54.6 Å². The molecule has 0 spiro atoms. The molecule has 0 saturated heterocycles. The quantitative estimate of drug-likeness (QED) is 0.341. The Balaban J connectivity index is 1.68. The molecule has 1 heterocycles. The molecular formula is C31H34O7. The van der Waals surface area contributed by atoms with Crippen LogP contribution >= 0.6 is 0 Å². The van der Waals surface area contributed by atoms with Crippen molar-refractivity contribution in [1.29, 1.82) is 0 Å². The van der Waals surface area contributed by atoms with Crippen molar-refractivity contribution in [2.45, 2.75) is 39.0 Å². The minimum absolute atomic E-state index is 0.158. The Kier molecular flexibility index (Phi) is 7.36. The summed E-state index contributed by atoms with van der Waals surface area (Å²) in [6, 6.07) is 17.3. The summed E-state index contributed by atoms with van der Waals surface area (Å²) < 4.78 is 28.8. The first-order valence-electron chi connectivity index (χ1n) is 13.1. The van der Waals surface area contributed by atoms with Gasteiger partial charge in [0.05, 0.1) is 26.2 Å². The molecule has 0 aromatic heterocycles. The summed E-state index contributed by atoms with van der Waals surface area (Å²) in [5.41, 5.74) is 3.56. The summed E-state index contributed by atoms with van der Waals surface area (Å²) in [5.74, 6) is 1.09. The van der Waals surface area contributed by atoms with Crippen LogP contribution in [0.15, 0.2) is 54.6 Å². The van der Waals surface area contributed by atoms with Gasteiger partial charge in [-0.3, -0.25) is 4.79 Å². The lowest BCUT2D eigenvalue weighted by molar-refractivity contribution is -0.142. The molecule has 1 N–H and O–H groups in total. The molecule has 3 atom stereocenters. The highest BCUT2D eigenvalue weighted by Gasteiger charge is 2.48. The van der Waals surface area contributed by atoms with E-state index in [1.54, 1.807) is 7.11 Å². The smallest absolute Gasteiger partial charge is 0.308 e. The van der Waals surface area contributed by atoms with Crippen LogP contribution in [0.4, 0.5) is 0 Å². The lowest BCUT2D eigenvalue weighted by Crippen LogP contribution is -2.24. The fraction of sp³-hybridized carbons (Fsp3) is 0.387. The highest BCUT2D eigenvalue weighted by molar-refractivity contribution is 5.78. The van der Waals surface area contributed by atoms with E-state index in [1.165, 1.54) is 0 Å². The first-order chi connectivity index (χ1) is 18.4. The van der Waals surface area contributed by atoms with Crippen molar-refractivity contribution in [3.8, 4) is 28.7 Å². The van der Waals surface area contributed by atoms with Gasteiger partial charge < -0.3 is 28.8 Å². The molecule has 200 valence electrons. The van der Waals surface area contributed by atoms with E-state index in [4.69, 9.17) is 23.7 Å². The molecule has 3 aromatic rings. The molecule has 1 aliphatic heterocycles. The fourth-order valence-corrected chi connectivity index (χ4v) is 5.41. The van der Waals surface area contributed by atoms with Crippen molar-refractivity contribution in [2.24, 2.45) is 11.8 Å². The Hall–Kier alpha value is -3.87. The molecule has 7 heteroatoms. The molecule has 5 rings (SSSR count). The number of rotatable bonds is 10. The molecule has 7 nitrogen and oxygen atoms in total. The molecule has 38 heavy (non-hydrogen) atoms. The van der Waals surface area contributed by atoms with E-state index < -0.39 is 23.7 Å². The first-order valence-corrected chi connectivity index (χ1v) is 13.1. The standard InChI is InChI=1S/C31H34O7/c1-5-12-35-21-8-9-22-24(14-21)29(23-10-7-20(34-4)15-26(23)36-16-18(2)3)30(31(32)33)28(22)19-6-11-25-27(13-19)38-17-37-25/h6-11,13-15,18,28-30H,5,12,16-17H2,1-4H3,(H,32,33). The summed E-state index contributed by atoms with van der Waals surface area (Å²) in [6.07, 6.45) is 0.879. The van der Waals surface area contributed by atoms with Crippen molar-refractivity contribution >= 4 is 5.97 Å². The zero-order chi connectivity index (χ0) is 26.8. The van der Waals surface area contributed by atoms with Gasteiger partial charge in [-0.1, -0.05) is 39.0 Å². The van der Waals surface area contributed by atoms with Crippen molar-refractivity contribution in [1.82, 2.24) is 0 Å². The number of fused-ring (bicyclic) bond motifs is 2. The third-order valence-corrected chi connectivity index (χ3v) is 7.09. The van der Waals surface area contributed by atoms with Crippen LogP contribution in [-0.4, -0.2) is 38.2 Å². The SMILES string of the molecule is CCCOc1ccc2c(c1)C(c1ccc(OC)cc1OCC(C)C)C(C(=O)O)C2c1ccc2c(c1)OCO2. The van der Waals surface area contributed by atoms with E-state index in [0.717, 1.165) is 34.4 Å². The summed E-state index contributed by atoms with van der Waals surface area (Å²) >= 11 is 0. The van der Waals surface area contributed by atoms with Crippen LogP contribution in [-0.2, 0) is 4.79 Å². The van der Waals surface area contributed by atoms with Crippen molar-refractivity contribution < 1.29 is 33.6 Å². The van der Waals surface area contributed by atoms with Crippen molar-refractivity contribution in [3.63, 3.8) is 0 Å². The highest BCUT2D eigenvalue weighted by atomic mass is 16.7. The Bertz CT molecular complexity index is 1320. The largest absolute Gasteiger partial charge is 0.497 e. The van der Waals surface area contributed by atoms with Gasteiger partial charge in [-0.15, -0.1) is 0 Å². The van der Waals surface area contributed by atoms with Crippen LogP contribution in [0.5, 0.6) is 28.7 Å². The molecule has 3 aromatic carbocycles. The zero-order valence-corrected chi connectivity index (χ0v) is 22.2. The van der Waals surface area contributed by atoms with E-state index in [9.17, 15) is 9.90 Å². The van der Waals surface area contributed by atoms with Gasteiger partial charge in [-0.05, 0) is 59.4 Å².